The van der Waals surface area contributed by atoms with Gasteiger partial charge in [0.15, 0.2) is 11.6 Å². The van der Waals surface area contributed by atoms with Gasteiger partial charge in [-0.1, -0.05) is 0 Å². The van der Waals surface area contributed by atoms with E-state index in [0.29, 0.717) is 17.5 Å². The number of anilines is 2. The van der Waals surface area contributed by atoms with Crippen LogP contribution in [0.25, 0.3) is 0 Å². The average Bonchev–Trinajstić information content (AvgIpc) is 2.85. The molecule has 18 heavy (non-hydrogen) atoms. The summed E-state index contributed by atoms with van der Waals surface area (Å²) in [7, 11) is 1.44. The molecule has 1 aromatic carbocycles. The van der Waals surface area contributed by atoms with E-state index in [2.05, 4.69) is 5.32 Å². The van der Waals surface area contributed by atoms with E-state index in [4.69, 9.17) is 15.2 Å². The Labute approximate surface area is 106 Å². The molecule has 0 radical (unpaired) electrons. The lowest BCUT2D eigenvalue weighted by molar-refractivity contribution is 0.107. The number of rotatable bonds is 5. The van der Waals surface area contributed by atoms with Gasteiger partial charge in [0.1, 0.15) is 0 Å². The maximum atomic E-state index is 13.3. The summed E-state index contributed by atoms with van der Waals surface area (Å²) in [6.07, 6.45) is 3.52. The molecule has 1 aliphatic heterocycles. The largest absolute Gasteiger partial charge is 0.494 e. The molecule has 1 heterocycles. The molecule has 0 saturated carbocycles. The van der Waals surface area contributed by atoms with Crippen LogP contribution in [0.1, 0.15) is 19.3 Å². The molecule has 1 unspecified atom stereocenters. The van der Waals surface area contributed by atoms with Crippen LogP contribution >= 0.6 is 0 Å². The van der Waals surface area contributed by atoms with E-state index in [1.165, 1.54) is 13.2 Å². The van der Waals surface area contributed by atoms with E-state index >= 15 is 0 Å². The SMILES string of the molecule is COc1cc(NCCC2CCCO2)c(N)cc1F. The van der Waals surface area contributed by atoms with Crippen molar-refractivity contribution in [3.63, 3.8) is 0 Å². The molecule has 0 spiro atoms. The quantitative estimate of drug-likeness (QED) is 0.792. The first-order valence-corrected chi connectivity index (χ1v) is 6.19. The second-order valence-corrected chi connectivity index (χ2v) is 4.42. The number of nitrogens with one attached hydrogen (secondary N) is 1. The van der Waals surface area contributed by atoms with Gasteiger partial charge in [0, 0.05) is 25.3 Å². The maximum Gasteiger partial charge on any atom is 0.167 e. The summed E-state index contributed by atoms with van der Waals surface area (Å²) in [5.41, 5.74) is 6.84. The summed E-state index contributed by atoms with van der Waals surface area (Å²) in [6, 6.07) is 2.85. The minimum Gasteiger partial charge on any atom is -0.494 e. The number of nitrogen functional groups attached to an aromatic ring is 1. The molecule has 0 aromatic heterocycles. The molecule has 1 saturated heterocycles. The first-order valence-electron chi connectivity index (χ1n) is 6.19. The lowest BCUT2D eigenvalue weighted by atomic mass is 10.2. The van der Waals surface area contributed by atoms with Crippen LogP contribution in [0, 0.1) is 5.82 Å². The molecule has 4 nitrogen and oxygen atoms in total. The van der Waals surface area contributed by atoms with Crippen LogP contribution in [0.4, 0.5) is 15.8 Å². The molecule has 1 aliphatic rings. The third kappa shape index (κ3) is 3.04. The van der Waals surface area contributed by atoms with E-state index in [1.54, 1.807) is 6.07 Å². The van der Waals surface area contributed by atoms with Crippen molar-refractivity contribution in [3.8, 4) is 5.75 Å². The molecule has 0 amide bonds. The number of hydrogen-bond acceptors (Lipinski definition) is 4. The number of ether oxygens (including phenoxy) is 2. The zero-order valence-electron chi connectivity index (χ0n) is 10.5. The van der Waals surface area contributed by atoms with E-state index in [0.717, 1.165) is 32.4 Å². The second kappa shape index (κ2) is 5.91. The molecule has 0 bridgehead atoms. The minimum atomic E-state index is -0.445. The Morgan fingerprint density at radius 3 is 3.06 bits per heavy atom. The van der Waals surface area contributed by atoms with Gasteiger partial charge in [-0.25, -0.2) is 4.39 Å². The van der Waals surface area contributed by atoms with Crippen molar-refractivity contribution < 1.29 is 13.9 Å². The highest BCUT2D eigenvalue weighted by Crippen LogP contribution is 2.28. The zero-order chi connectivity index (χ0) is 13.0. The zero-order valence-corrected chi connectivity index (χ0v) is 10.5. The van der Waals surface area contributed by atoms with Crippen LogP contribution in [0.15, 0.2) is 12.1 Å². The average molecular weight is 254 g/mol. The van der Waals surface area contributed by atoms with Gasteiger partial charge in [-0.3, -0.25) is 0 Å². The molecule has 1 fully saturated rings. The molecule has 0 aliphatic carbocycles. The fourth-order valence-electron chi connectivity index (χ4n) is 2.12. The summed E-state index contributed by atoms with van der Waals surface area (Å²) in [4.78, 5) is 0. The van der Waals surface area contributed by atoms with Crippen molar-refractivity contribution in [3.05, 3.63) is 17.9 Å². The van der Waals surface area contributed by atoms with Gasteiger partial charge >= 0.3 is 0 Å². The van der Waals surface area contributed by atoms with Crippen LogP contribution in [0.5, 0.6) is 5.75 Å². The molecule has 100 valence electrons. The molecule has 5 heteroatoms. The molecule has 1 atom stereocenters. The topological polar surface area (TPSA) is 56.5 Å². The lowest BCUT2D eigenvalue weighted by Crippen LogP contribution is -2.13. The van der Waals surface area contributed by atoms with Crippen molar-refractivity contribution >= 4 is 11.4 Å². The highest BCUT2D eigenvalue weighted by molar-refractivity contribution is 5.68. The smallest absolute Gasteiger partial charge is 0.167 e. The Morgan fingerprint density at radius 1 is 1.56 bits per heavy atom. The van der Waals surface area contributed by atoms with E-state index in [1.807, 2.05) is 0 Å². The van der Waals surface area contributed by atoms with E-state index < -0.39 is 5.82 Å². The van der Waals surface area contributed by atoms with Gasteiger partial charge in [-0.15, -0.1) is 0 Å². The first kappa shape index (κ1) is 13.0. The van der Waals surface area contributed by atoms with Gasteiger partial charge in [-0.2, -0.15) is 0 Å². The summed E-state index contributed by atoms with van der Waals surface area (Å²) >= 11 is 0. The predicted octanol–water partition coefficient (Wildman–Crippen LogP) is 2.40. The van der Waals surface area contributed by atoms with Gasteiger partial charge in [0.05, 0.1) is 24.6 Å². The van der Waals surface area contributed by atoms with Gasteiger partial charge in [-0.05, 0) is 19.3 Å². The van der Waals surface area contributed by atoms with E-state index in [-0.39, 0.29) is 5.75 Å². The third-order valence-corrected chi connectivity index (χ3v) is 3.13. The Hall–Kier alpha value is -1.49. The Bertz CT molecular complexity index is 406. The number of hydrogen-bond donors (Lipinski definition) is 2. The number of nitrogens with two attached hydrogens (primary N) is 1. The Kier molecular flexibility index (Phi) is 4.25. The monoisotopic (exact) mass is 254 g/mol. The standard InChI is InChI=1S/C13H19FN2O2/c1-17-13-8-12(11(15)7-10(13)14)16-5-4-9-3-2-6-18-9/h7-9,16H,2-6,15H2,1H3. The molecule has 2 rings (SSSR count). The maximum absolute atomic E-state index is 13.3. The molecular formula is C13H19FN2O2. The van der Waals surface area contributed by atoms with Gasteiger partial charge < -0.3 is 20.5 Å². The van der Waals surface area contributed by atoms with Crippen LogP contribution in [0.2, 0.25) is 0 Å². The third-order valence-electron chi connectivity index (χ3n) is 3.13. The number of methoxy groups -OCH3 is 1. The summed E-state index contributed by atoms with van der Waals surface area (Å²) < 4.78 is 23.8. The van der Waals surface area contributed by atoms with Crippen LogP contribution in [-0.2, 0) is 4.74 Å². The fourth-order valence-corrected chi connectivity index (χ4v) is 2.12. The lowest BCUT2D eigenvalue weighted by Gasteiger charge is -2.13. The molecule has 3 N–H and O–H groups in total. The Morgan fingerprint density at radius 2 is 2.39 bits per heavy atom. The normalized spacial score (nSPS) is 18.9. The van der Waals surface area contributed by atoms with Crippen LogP contribution in [-0.4, -0.2) is 26.4 Å². The van der Waals surface area contributed by atoms with Crippen molar-refractivity contribution in [2.24, 2.45) is 0 Å². The first-order chi connectivity index (χ1) is 8.70. The van der Waals surface area contributed by atoms with Gasteiger partial charge in [0.2, 0.25) is 0 Å². The van der Waals surface area contributed by atoms with Gasteiger partial charge in [0.25, 0.3) is 0 Å². The Balaban J connectivity index is 1.91. The minimum absolute atomic E-state index is 0.198. The highest BCUT2D eigenvalue weighted by Gasteiger charge is 2.15. The predicted molar refractivity (Wildman–Crippen MR) is 69.4 cm³/mol. The molecular weight excluding hydrogens is 235 g/mol. The summed E-state index contributed by atoms with van der Waals surface area (Å²) in [5.74, 6) is -0.247. The van der Waals surface area contributed by atoms with Crippen molar-refractivity contribution in [1.29, 1.82) is 0 Å². The van der Waals surface area contributed by atoms with Crippen LogP contribution in [0.3, 0.4) is 0 Å². The number of halogens is 1. The van der Waals surface area contributed by atoms with E-state index in [9.17, 15) is 4.39 Å². The number of benzene rings is 1. The van der Waals surface area contributed by atoms with Crippen molar-refractivity contribution in [2.45, 2.75) is 25.4 Å². The summed E-state index contributed by atoms with van der Waals surface area (Å²) in [6.45, 7) is 1.61. The van der Waals surface area contributed by atoms with Crippen molar-refractivity contribution in [1.82, 2.24) is 0 Å². The summed E-state index contributed by atoms with van der Waals surface area (Å²) in [5, 5.41) is 3.19. The highest BCUT2D eigenvalue weighted by atomic mass is 19.1. The fraction of sp³-hybridized carbons (Fsp3) is 0.538. The molecule has 1 aromatic rings. The van der Waals surface area contributed by atoms with Crippen molar-refractivity contribution in [2.75, 3.05) is 31.3 Å². The second-order valence-electron chi connectivity index (χ2n) is 4.42. The van der Waals surface area contributed by atoms with Crippen LogP contribution < -0.4 is 15.8 Å².